The van der Waals surface area contributed by atoms with Gasteiger partial charge in [0.25, 0.3) is 10.0 Å². The summed E-state index contributed by atoms with van der Waals surface area (Å²) in [6.45, 7) is 0.0557. The van der Waals surface area contributed by atoms with Crippen molar-refractivity contribution < 1.29 is 27.2 Å². The molecule has 0 spiro atoms. The first-order valence-corrected chi connectivity index (χ1v) is 9.34. The number of anilines is 1. The van der Waals surface area contributed by atoms with E-state index < -0.39 is 10.0 Å². The lowest BCUT2D eigenvalue weighted by molar-refractivity contribution is 0.324. The number of nitrogens with zero attached hydrogens (tertiary/aromatic N) is 1. The number of methoxy groups -OCH3 is 3. The number of hydrogen-bond acceptors (Lipinski definition) is 8. The molecule has 28 heavy (non-hydrogen) atoms. The maximum Gasteiger partial charge on any atom is 0.263 e. The van der Waals surface area contributed by atoms with Crippen LogP contribution in [0.1, 0.15) is 5.56 Å². The summed E-state index contributed by atoms with van der Waals surface area (Å²) in [6, 6.07) is 7.90. The second-order valence-corrected chi connectivity index (χ2v) is 7.12. The quantitative estimate of drug-likeness (QED) is 0.586. The van der Waals surface area contributed by atoms with Crippen molar-refractivity contribution in [2.45, 2.75) is 11.4 Å². The highest BCUT2D eigenvalue weighted by Crippen LogP contribution is 2.49. The number of aromatic nitrogens is 1. The molecule has 3 aromatic rings. The van der Waals surface area contributed by atoms with Gasteiger partial charge in [0.05, 0.1) is 31.8 Å². The Morgan fingerprint density at radius 2 is 1.64 bits per heavy atom. The molecule has 0 radical (unpaired) electrons. The molecule has 11 heteroatoms. The lowest BCUT2D eigenvalue weighted by atomic mass is 10.1. The average molecular weight is 430 g/mol. The minimum absolute atomic E-state index is 0. The molecule has 0 aliphatic carbocycles. The minimum Gasteiger partial charge on any atom is -0.492 e. The van der Waals surface area contributed by atoms with Gasteiger partial charge in [-0.15, -0.1) is 12.4 Å². The van der Waals surface area contributed by atoms with Crippen LogP contribution in [0.15, 0.2) is 39.8 Å². The van der Waals surface area contributed by atoms with Crippen LogP contribution in [0.5, 0.6) is 17.2 Å². The summed E-state index contributed by atoms with van der Waals surface area (Å²) >= 11 is 0. The summed E-state index contributed by atoms with van der Waals surface area (Å²) in [7, 11) is 0.426. The number of nitrogens with one attached hydrogen (secondary N) is 1. The molecule has 152 valence electrons. The van der Waals surface area contributed by atoms with E-state index >= 15 is 0 Å². The highest BCUT2D eigenvalue weighted by atomic mass is 35.5. The van der Waals surface area contributed by atoms with Crippen molar-refractivity contribution >= 4 is 39.2 Å². The number of fused-ring (bicyclic) bond motifs is 1. The number of benzene rings is 2. The summed E-state index contributed by atoms with van der Waals surface area (Å²) < 4.78 is 49.3. The van der Waals surface area contributed by atoms with E-state index in [9.17, 15) is 8.42 Å². The highest BCUT2D eigenvalue weighted by Gasteiger charge is 2.29. The average Bonchev–Trinajstić information content (AvgIpc) is 3.09. The topological polar surface area (TPSA) is 126 Å². The van der Waals surface area contributed by atoms with Gasteiger partial charge in [-0.2, -0.15) is 0 Å². The minimum atomic E-state index is -3.89. The monoisotopic (exact) mass is 429 g/mol. The van der Waals surface area contributed by atoms with Crippen LogP contribution in [0.4, 0.5) is 5.82 Å². The van der Waals surface area contributed by atoms with Gasteiger partial charge in [-0.25, -0.2) is 8.42 Å². The summed E-state index contributed by atoms with van der Waals surface area (Å²) in [5.41, 5.74) is 6.55. The van der Waals surface area contributed by atoms with E-state index in [-0.39, 0.29) is 52.1 Å². The van der Waals surface area contributed by atoms with Crippen LogP contribution in [0.25, 0.3) is 11.0 Å². The van der Waals surface area contributed by atoms with Gasteiger partial charge in [-0.1, -0.05) is 23.4 Å². The summed E-state index contributed by atoms with van der Waals surface area (Å²) in [5.74, 6) is 0.768. The van der Waals surface area contributed by atoms with Gasteiger partial charge in [0.15, 0.2) is 22.9 Å². The van der Waals surface area contributed by atoms with Crippen molar-refractivity contribution in [1.29, 1.82) is 0 Å². The normalized spacial score (nSPS) is 11.0. The molecule has 0 aliphatic heterocycles. The first-order chi connectivity index (χ1) is 13.0. The smallest absolute Gasteiger partial charge is 0.263 e. The molecule has 1 heterocycles. The molecule has 3 N–H and O–H groups in total. The molecule has 0 atom stereocenters. The molecule has 0 saturated carbocycles. The third-order valence-electron chi connectivity index (χ3n) is 3.98. The first kappa shape index (κ1) is 21.6. The van der Waals surface area contributed by atoms with Gasteiger partial charge in [0.2, 0.25) is 5.75 Å². The zero-order valence-corrected chi connectivity index (χ0v) is 17.0. The molecule has 2 aromatic carbocycles. The Kier molecular flexibility index (Phi) is 6.60. The van der Waals surface area contributed by atoms with Crippen molar-refractivity contribution in [3.05, 3.63) is 35.9 Å². The number of sulfonamides is 1. The Labute approximate surface area is 168 Å². The second-order valence-electron chi connectivity index (χ2n) is 5.44. The number of rotatable bonds is 7. The molecular weight excluding hydrogens is 410 g/mol. The number of hydrogen-bond donors (Lipinski definition) is 2. The lowest BCUT2D eigenvalue weighted by Crippen LogP contribution is -2.13. The van der Waals surface area contributed by atoms with Crippen molar-refractivity contribution in [3.63, 3.8) is 0 Å². The lowest BCUT2D eigenvalue weighted by Gasteiger charge is -2.16. The van der Waals surface area contributed by atoms with Crippen LogP contribution in [-0.4, -0.2) is 34.9 Å². The van der Waals surface area contributed by atoms with E-state index in [0.29, 0.717) is 11.3 Å². The molecule has 1 aromatic heterocycles. The molecule has 0 saturated heterocycles. The van der Waals surface area contributed by atoms with Gasteiger partial charge in [-0.3, -0.25) is 4.72 Å². The van der Waals surface area contributed by atoms with Crippen LogP contribution in [0.2, 0.25) is 0 Å². The van der Waals surface area contributed by atoms with E-state index in [4.69, 9.17) is 24.5 Å². The van der Waals surface area contributed by atoms with Crippen LogP contribution in [0, 0.1) is 0 Å². The fourth-order valence-electron chi connectivity index (χ4n) is 2.80. The molecule has 0 unspecified atom stereocenters. The summed E-state index contributed by atoms with van der Waals surface area (Å²) in [5, 5.41) is 4.15. The molecule has 0 aliphatic rings. The van der Waals surface area contributed by atoms with E-state index in [1.54, 1.807) is 18.2 Å². The standard InChI is InChI=1S/C17H19N3O6S.ClH/c1-23-14-11(9-18)13-12(15(24-2)16(14)25-3)17(19-26-13)20-27(21,22)10-7-5-4-6-8-10;/h4-8H,9,18H2,1-3H3,(H,19,20);1H. The van der Waals surface area contributed by atoms with Crippen LogP contribution in [0.3, 0.4) is 0 Å². The Hall–Kier alpha value is -2.69. The maximum atomic E-state index is 12.7. The molecular formula is C17H20ClN3O6S. The van der Waals surface area contributed by atoms with Crippen molar-refractivity contribution in [2.75, 3.05) is 26.1 Å². The van der Waals surface area contributed by atoms with E-state index in [1.807, 2.05) is 0 Å². The van der Waals surface area contributed by atoms with Crippen LogP contribution >= 0.6 is 12.4 Å². The summed E-state index contributed by atoms with van der Waals surface area (Å²) in [4.78, 5) is 0.0830. The first-order valence-electron chi connectivity index (χ1n) is 7.86. The Balaban J connectivity index is 0.00000280. The van der Waals surface area contributed by atoms with E-state index in [1.165, 1.54) is 33.5 Å². The molecule has 3 rings (SSSR count). The van der Waals surface area contributed by atoms with Gasteiger partial charge in [-0.05, 0) is 12.1 Å². The SMILES string of the molecule is COc1c(OC)c(OC)c2c(NS(=O)(=O)c3ccccc3)noc2c1CN.Cl. The Morgan fingerprint density at radius 3 is 2.18 bits per heavy atom. The van der Waals surface area contributed by atoms with Gasteiger partial charge < -0.3 is 24.5 Å². The second kappa shape index (κ2) is 8.55. The Morgan fingerprint density at radius 1 is 1.04 bits per heavy atom. The largest absolute Gasteiger partial charge is 0.492 e. The number of halogens is 1. The van der Waals surface area contributed by atoms with Crippen molar-refractivity contribution in [1.82, 2.24) is 5.16 Å². The van der Waals surface area contributed by atoms with Gasteiger partial charge in [0.1, 0.15) is 5.39 Å². The predicted molar refractivity (Wildman–Crippen MR) is 106 cm³/mol. The molecule has 9 nitrogen and oxygen atoms in total. The number of ether oxygens (including phenoxy) is 3. The van der Waals surface area contributed by atoms with E-state index in [0.717, 1.165) is 0 Å². The summed E-state index contributed by atoms with van der Waals surface area (Å²) in [6.07, 6.45) is 0. The van der Waals surface area contributed by atoms with Crippen LogP contribution < -0.4 is 24.7 Å². The predicted octanol–water partition coefficient (Wildman–Crippen LogP) is 2.53. The van der Waals surface area contributed by atoms with Gasteiger partial charge in [0, 0.05) is 6.54 Å². The van der Waals surface area contributed by atoms with Crippen LogP contribution in [-0.2, 0) is 16.6 Å². The molecule has 0 amide bonds. The third-order valence-corrected chi connectivity index (χ3v) is 5.34. The third kappa shape index (κ3) is 3.53. The van der Waals surface area contributed by atoms with Gasteiger partial charge >= 0.3 is 0 Å². The zero-order chi connectivity index (χ0) is 19.6. The fraction of sp³-hybridized carbons (Fsp3) is 0.235. The zero-order valence-electron chi connectivity index (χ0n) is 15.4. The van der Waals surface area contributed by atoms with Crippen molar-refractivity contribution in [3.8, 4) is 17.2 Å². The van der Waals surface area contributed by atoms with Crippen molar-refractivity contribution in [2.24, 2.45) is 5.73 Å². The van der Waals surface area contributed by atoms with E-state index in [2.05, 4.69) is 9.88 Å². The maximum absolute atomic E-state index is 12.7. The molecule has 0 bridgehead atoms. The number of nitrogens with two attached hydrogens (primary N) is 1. The fourth-order valence-corrected chi connectivity index (χ4v) is 3.83. The highest BCUT2D eigenvalue weighted by molar-refractivity contribution is 7.92. The Bertz CT molecular complexity index is 1070. The molecule has 0 fully saturated rings.